The number of furan rings is 1. The predicted octanol–water partition coefficient (Wildman–Crippen LogP) is 2.01. The predicted molar refractivity (Wildman–Crippen MR) is 68.4 cm³/mol. The Morgan fingerprint density at radius 2 is 2.12 bits per heavy atom. The number of carbonyl (C=O) groups is 1. The van der Waals surface area contributed by atoms with Crippen LogP contribution in [0.5, 0.6) is 0 Å². The van der Waals surface area contributed by atoms with Crippen LogP contribution >= 0.6 is 12.4 Å². The van der Waals surface area contributed by atoms with Crippen molar-refractivity contribution in [3.8, 4) is 0 Å². The summed E-state index contributed by atoms with van der Waals surface area (Å²) in [6.07, 6.45) is 4.20. The molecule has 3 N–H and O–H groups in total. The number of hydrogen-bond acceptors (Lipinski definition) is 3. The minimum atomic E-state index is -0.211. The summed E-state index contributed by atoms with van der Waals surface area (Å²) in [7, 11) is 0. The highest BCUT2D eigenvalue weighted by Crippen LogP contribution is 2.29. The van der Waals surface area contributed by atoms with Gasteiger partial charge in [-0.15, -0.1) is 12.4 Å². The minimum Gasteiger partial charge on any atom is -0.456 e. The van der Waals surface area contributed by atoms with Crippen LogP contribution < -0.4 is 11.1 Å². The number of halogens is 1. The van der Waals surface area contributed by atoms with E-state index in [1.54, 1.807) is 12.1 Å². The molecule has 1 aromatic rings. The molecule has 1 aliphatic rings. The normalized spacial score (nSPS) is 17.5. The molecule has 1 saturated carbocycles. The Labute approximate surface area is 107 Å². The number of amides is 1. The van der Waals surface area contributed by atoms with Crippen LogP contribution in [0.15, 0.2) is 16.5 Å². The second-order valence-corrected chi connectivity index (χ2v) is 4.56. The van der Waals surface area contributed by atoms with Crippen molar-refractivity contribution in [3.63, 3.8) is 0 Å². The van der Waals surface area contributed by atoms with Crippen molar-refractivity contribution in [1.29, 1.82) is 0 Å². The number of nitrogens with one attached hydrogen (secondary N) is 1. The van der Waals surface area contributed by atoms with Crippen molar-refractivity contribution in [1.82, 2.24) is 5.32 Å². The molecule has 0 bridgehead atoms. The van der Waals surface area contributed by atoms with E-state index in [-0.39, 0.29) is 23.9 Å². The van der Waals surface area contributed by atoms with E-state index in [0.717, 1.165) is 31.4 Å². The molecule has 2 rings (SSSR count). The summed E-state index contributed by atoms with van der Waals surface area (Å²) < 4.78 is 5.29. The summed E-state index contributed by atoms with van der Waals surface area (Å²) in [5.41, 5.74) is 5.54. The maximum atomic E-state index is 11.9. The SMILES string of the molecule is Cc1ccc(C(=O)NC2(CN)CCCC2)o1.Cl. The number of rotatable bonds is 3. The quantitative estimate of drug-likeness (QED) is 0.872. The third-order valence-corrected chi connectivity index (χ3v) is 3.29. The molecule has 0 atom stereocenters. The summed E-state index contributed by atoms with van der Waals surface area (Å²) in [5, 5.41) is 3.01. The van der Waals surface area contributed by atoms with Crippen LogP contribution in [0.25, 0.3) is 0 Å². The van der Waals surface area contributed by atoms with Gasteiger partial charge in [0.25, 0.3) is 5.91 Å². The molecule has 1 fully saturated rings. The summed E-state index contributed by atoms with van der Waals surface area (Å²) in [6.45, 7) is 2.32. The van der Waals surface area contributed by atoms with E-state index < -0.39 is 0 Å². The maximum Gasteiger partial charge on any atom is 0.287 e. The summed E-state index contributed by atoms with van der Waals surface area (Å²) in [5.74, 6) is 0.969. The van der Waals surface area contributed by atoms with Crippen molar-refractivity contribution >= 4 is 18.3 Å². The van der Waals surface area contributed by atoms with Crippen LogP contribution in [0.4, 0.5) is 0 Å². The maximum absolute atomic E-state index is 11.9. The molecule has 1 heterocycles. The highest BCUT2D eigenvalue weighted by atomic mass is 35.5. The first-order valence-corrected chi connectivity index (χ1v) is 5.74. The van der Waals surface area contributed by atoms with E-state index in [2.05, 4.69) is 5.32 Å². The molecule has 0 spiro atoms. The van der Waals surface area contributed by atoms with Crippen LogP contribution in [0.2, 0.25) is 0 Å². The van der Waals surface area contributed by atoms with Gasteiger partial charge in [-0.1, -0.05) is 12.8 Å². The van der Waals surface area contributed by atoms with Crippen molar-refractivity contribution < 1.29 is 9.21 Å². The minimum absolute atomic E-state index is 0. The van der Waals surface area contributed by atoms with Crippen molar-refractivity contribution in [3.05, 3.63) is 23.7 Å². The van der Waals surface area contributed by atoms with Crippen molar-refractivity contribution in [2.45, 2.75) is 38.1 Å². The second-order valence-electron chi connectivity index (χ2n) is 4.56. The van der Waals surface area contributed by atoms with E-state index >= 15 is 0 Å². The molecule has 1 aromatic heterocycles. The van der Waals surface area contributed by atoms with Gasteiger partial charge in [-0.25, -0.2) is 0 Å². The Kier molecular flexibility index (Phi) is 4.60. The van der Waals surface area contributed by atoms with Gasteiger partial charge in [0.2, 0.25) is 0 Å². The number of carbonyl (C=O) groups excluding carboxylic acids is 1. The molecule has 0 saturated heterocycles. The lowest BCUT2D eigenvalue weighted by Gasteiger charge is -2.28. The average molecular weight is 259 g/mol. The number of hydrogen-bond donors (Lipinski definition) is 2. The van der Waals surface area contributed by atoms with E-state index in [1.807, 2.05) is 6.92 Å². The van der Waals surface area contributed by atoms with Gasteiger partial charge in [-0.05, 0) is 31.9 Å². The molecule has 0 radical (unpaired) electrons. The average Bonchev–Trinajstić information content (AvgIpc) is 2.88. The van der Waals surface area contributed by atoms with Crippen molar-refractivity contribution in [2.24, 2.45) is 5.73 Å². The Bertz CT molecular complexity index is 384. The van der Waals surface area contributed by atoms with Gasteiger partial charge in [0.15, 0.2) is 5.76 Å². The molecule has 0 aromatic carbocycles. The Morgan fingerprint density at radius 1 is 1.47 bits per heavy atom. The van der Waals surface area contributed by atoms with Gasteiger partial charge in [0, 0.05) is 6.54 Å². The molecule has 17 heavy (non-hydrogen) atoms. The highest BCUT2D eigenvalue weighted by molar-refractivity contribution is 5.92. The first-order valence-electron chi connectivity index (χ1n) is 5.74. The van der Waals surface area contributed by atoms with Crippen LogP contribution in [-0.4, -0.2) is 18.0 Å². The van der Waals surface area contributed by atoms with Gasteiger partial charge in [-0.3, -0.25) is 4.79 Å². The summed E-state index contributed by atoms with van der Waals surface area (Å²) >= 11 is 0. The molecule has 4 nitrogen and oxygen atoms in total. The number of aryl methyl sites for hydroxylation is 1. The van der Waals surface area contributed by atoms with Gasteiger partial charge in [-0.2, -0.15) is 0 Å². The molecule has 0 unspecified atom stereocenters. The smallest absolute Gasteiger partial charge is 0.287 e. The first-order chi connectivity index (χ1) is 7.65. The van der Waals surface area contributed by atoms with E-state index in [4.69, 9.17) is 10.2 Å². The van der Waals surface area contributed by atoms with Crippen LogP contribution in [0.3, 0.4) is 0 Å². The molecule has 1 aliphatic carbocycles. The fourth-order valence-corrected chi connectivity index (χ4v) is 2.29. The van der Waals surface area contributed by atoms with Gasteiger partial charge < -0.3 is 15.5 Å². The molecule has 0 aliphatic heterocycles. The van der Waals surface area contributed by atoms with Crippen LogP contribution in [-0.2, 0) is 0 Å². The first kappa shape index (κ1) is 14.1. The third-order valence-electron chi connectivity index (χ3n) is 3.29. The topological polar surface area (TPSA) is 68.3 Å². The Hall–Kier alpha value is -1.00. The lowest BCUT2D eigenvalue weighted by atomic mass is 9.98. The standard InChI is InChI=1S/C12H18N2O2.ClH/c1-9-4-5-10(16-9)11(15)14-12(8-13)6-2-3-7-12;/h4-5H,2-3,6-8,13H2,1H3,(H,14,15);1H. The largest absolute Gasteiger partial charge is 0.456 e. The number of nitrogens with two attached hydrogens (primary N) is 1. The Morgan fingerprint density at radius 3 is 2.59 bits per heavy atom. The molecule has 96 valence electrons. The van der Waals surface area contributed by atoms with E-state index in [9.17, 15) is 4.79 Å². The zero-order valence-corrected chi connectivity index (χ0v) is 10.8. The van der Waals surface area contributed by atoms with E-state index in [0.29, 0.717) is 12.3 Å². The summed E-state index contributed by atoms with van der Waals surface area (Å²) in [6, 6.07) is 3.49. The zero-order chi connectivity index (χ0) is 11.6. The monoisotopic (exact) mass is 258 g/mol. The highest BCUT2D eigenvalue weighted by Gasteiger charge is 2.34. The molecular formula is C12H19ClN2O2. The van der Waals surface area contributed by atoms with Gasteiger partial charge in [0.1, 0.15) is 5.76 Å². The van der Waals surface area contributed by atoms with Crippen molar-refractivity contribution in [2.75, 3.05) is 6.54 Å². The fraction of sp³-hybridized carbons (Fsp3) is 0.583. The Balaban J connectivity index is 0.00000144. The van der Waals surface area contributed by atoms with Crippen LogP contribution in [0.1, 0.15) is 42.0 Å². The molecule has 5 heteroatoms. The fourth-order valence-electron chi connectivity index (χ4n) is 2.29. The lowest BCUT2D eigenvalue weighted by Crippen LogP contribution is -2.51. The van der Waals surface area contributed by atoms with Gasteiger partial charge >= 0.3 is 0 Å². The van der Waals surface area contributed by atoms with E-state index in [1.165, 1.54) is 0 Å². The van der Waals surface area contributed by atoms with Gasteiger partial charge in [0.05, 0.1) is 5.54 Å². The molecular weight excluding hydrogens is 240 g/mol. The van der Waals surface area contributed by atoms with Crippen LogP contribution in [0, 0.1) is 6.92 Å². The zero-order valence-electron chi connectivity index (χ0n) is 9.99. The summed E-state index contributed by atoms with van der Waals surface area (Å²) in [4.78, 5) is 11.9. The lowest BCUT2D eigenvalue weighted by molar-refractivity contribution is 0.0873. The second kappa shape index (κ2) is 5.56. The third kappa shape index (κ3) is 3.01. The molecule has 1 amide bonds.